The van der Waals surface area contributed by atoms with Crippen molar-refractivity contribution in [1.82, 2.24) is 4.90 Å². The fraction of sp³-hybridized carbons (Fsp3) is 0.588. The predicted octanol–water partition coefficient (Wildman–Crippen LogP) is 2.88. The highest BCUT2D eigenvalue weighted by Gasteiger charge is 2.49. The molecule has 22 heavy (non-hydrogen) atoms. The van der Waals surface area contributed by atoms with Crippen LogP contribution >= 0.6 is 0 Å². The molecule has 122 valence electrons. The second kappa shape index (κ2) is 6.16. The van der Waals surface area contributed by atoms with Gasteiger partial charge in [-0.05, 0) is 57.9 Å². The van der Waals surface area contributed by atoms with Gasteiger partial charge in [0.25, 0.3) is 0 Å². The Kier molecular flexibility index (Phi) is 4.66. The first-order valence-electron chi connectivity index (χ1n) is 7.67. The van der Waals surface area contributed by atoms with E-state index in [0.717, 1.165) is 24.2 Å². The molecule has 0 saturated carbocycles. The average Bonchev–Trinajstić information content (AvgIpc) is 2.41. The molecule has 1 amide bonds. The van der Waals surface area contributed by atoms with Crippen molar-refractivity contribution in [2.75, 3.05) is 20.2 Å². The van der Waals surface area contributed by atoms with Gasteiger partial charge in [0, 0.05) is 6.54 Å². The number of hydrogen-bond donors (Lipinski definition) is 1. The van der Waals surface area contributed by atoms with E-state index in [2.05, 4.69) is 0 Å². The normalized spacial score (nSPS) is 21.2. The molecule has 1 saturated heterocycles. The van der Waals surface area contributed by atoms with E-state index >= 15 is 0 Å². The van der Waals surface area contributed by atoms with Crippen molar-refractivity contribution in [2.45, 2.75) is 44.8 Å². The molecule has 1 aromatic rings. The maximum Gasteiger partial charge on any atom is 0.411 e. The van der Waals surface area contributed by atoms with Crippen LogP contribution in [-0.4, -0.2) is 36.8 Å². The molecule has 1 atom stereocenters. The molecule has 0 bridgehead atoms. The van der Waals surface area contributed by atoms with Crippen molar-refractivity contribution in [3.8, 4) is 5.75 Å². The number of ether oxygens (including phenoxy) is 2. The van der Waals surface area contributed by atoms with Gasteiger partial charge in [0.2, 0.25) is 0 Å². The van der Waals surface area contributed by atoms with Crippen LogP contribution in [-0.2, 0) is 10.3 Å². The van der Waals surface area contributed by atoms with Crippen molar-refractivity contribution in [1.29, 1.82) is 0 Å². The average molecular weight is 306 g/mol. The Balaban J connectivity index is 2.26. The predicted molar refractivity (Wildman–Crippen MR) is 85.9 cm³/mol. The van der Waals surface area contributed by atoms with Gasteiger partial charge in [0.15, 0.2) is 0 Å². The highest BCUT2D eigenvalue weighted by atomic mass is 16.6. The number of benzene rings is 1. The second-order valence-electron chi connectivity index (χ2n) is 6.68. The Morgan fingerprint density at radius 1 is 1.32 bits per heavy atom. The summed E-state index contributed by atoms with van der Waals surface area (Å²) < 4.78 is 10.7. The lowest BCUT2D eigenvalue weighted by Crippen LogP contribution is -2.61. The molecular weight excluding hydrogens is 280 g/mol. The zero-order chi connectivity index (χ0) is 16.4. The Bertz CT molecular complexity index is 522. The number of nitrogens with two attached hydrogens (primary N) is 1. The molecule has 0 aliphatic carbocycles. The van der Waals surface area contributed by atoms with Gasteiger partial charge in [0.1, 0.15) is 11.4 Å². The molecule has 1 aromatic carbocycles. The molecule has 1 heterocycles. The maximum absolute atomic E-state index is 12.5. The van der Waals surface area contributed by atoms with E-state index in [1.807, 2.05) is 45.0 Å². The van der Waals surface area contributed by atoms with E-state index in [1.165, 1.54) is 0 Å². The third-order valence-corrected chi connectivity index (χ3v) is 4.06. The number of carbonyl (C=O) groups is 1. The fourth-order valence-corrected chi connectivity index (χ4v) is 2.92. The monoisotopic (exact) mass is 306 g/mol. The van der Waals surface area contributed by atoms with E-state index in [0.29, 0.717) is 13.1 Å². The molecular formula is C17H26N2O3. The summed E-state index contributed by atoms with van der Waals surface area (Å²) in [5.74, 6) is 0.801. The van der Waals surface area contributed by atoms with Gasteiger partial charge in [-0.15, -0.1) is 0 Å². The molecule has 1 aliphatic rings. The Morgan fingerprint density at radius 3 is 2.36 bits per heavy atom. The zero-order valence-electron chi connectivity index (χ0n) is 13.9. The number of nitrogens with zero attached hydrogens (tertiary/aromatic N) is 1. The maximum atomic E-state index is 12.5. The highest BCUT2D eigenvalue weighted by Crippen LogP contribution is 2.44. The highest BCUT2D eigenvalue weighted by molar-refractivity contribution is 5.71. The van der Waals surface area contributed by atoms with E-state index < -0.39 is 5.60 Å². The molecule has 1 fully saturated rings. The van der Waals surface area contributed by atoms with E-state index in [4.69, 9.17) is 15.2 Å². The first kappa shape index (κ1) is 16.6. The van der Waals surface area contributed by atoms with Crippen molar-refractivity contribution >= 4 is 6.09 Å². The molecule has 5 heteroatoms. The summed E-state index contributed by atoms with van der Waals surface area (Å²) in [5.41, 5.74) is 6.03. The molecule has 5 nitrogen and oxygen atoms in total. The van der Waals surface area contributed by atoms with Gasteiger partial charge in [0.05, 0.1) is 12.6 Å². The number of rotatable bonds is 4. The number of likely N-dealkylation sites (tertiary alicyclic amines) is 1. The van der Waals surface area contributed by atoms with Crippen molar-refractivity contribution in [3.05, 3.63) is 29.8 Å². The summed E-state index contributed by atoms with van der Waals surface area (Å²) in [4.78, 5) is 14.3. The molecule has 0 aromatic heterocycles. The van der Waals surface area contributed by atoms with Crippen LogP contribution in [0.3, 0.4) is 0 Å². The van der Waals surface area contributed by atoms with E-state index in [-0.39, 0.29) is 11.6 Å². The minimum atomic E-state index is -0.499. The lowest BCUT2D eigenvalue weighted by atomic mass is 9.76. The summed E-state index contributed by atoms with van der Waals surface area (Å²) in [6, 6.07) is 7.84. The van der Waals surface area contributed by atoms with Crippen molar-refractivity contribution in [2.24, 2.45) is 5.73 Å². The van der Waals surface area contributed by atoms with Gasteiger partial charge in [-0.3, -0.25) is 4.90 Å². The lowest BCUT2D eigenvalue weighted by molar-refractivity contribution is -0.0504. The number of amides is 1. The van der Waals surface area contributed by atoms with E-state index in [1.54, 1.807) is 12.0 Å². The SMILES string of the molecule is COc1ccc(C2(CCN)CCN2C(=O)OC(C)(C)C)cc1. The van der Waals surface area contributed by atoms with Crippen LogP contribution < -0.4 is 10.5 Å². The lowest BCUT2D eigenvalue weighted by Gasteiger charge is -2.53. The largest absolute Gasteiger partial charge is 0.497 e. The summed E-state index contributed by atoms with van der Waals surface area (Å²) in [7, 11) is 1.64. The minimum absolute atomic E-state index is 0.275. The molecule has 0 spiro atoms. The first-order valence-corrected chi connectivity index (χ1v) is 7.67. The molecule has 0 radical (unpaired) electrons. The standard InChI is InChI=1S/C17H26N2O3/c1-16(2,3)22-15(20)19-12-10-17(19,9-11-18)13-5-7-14(21-4)8-6-13/h5-8H,9-12,18H2,1-4H3. The summed E-state index contributed by atoms with van der Waals surface area (Å²) >= 11 is 0. The minimum Gasteiger partial charge on any atom is -0.497 e. The van der Waals surface area contributed by atoms with Crippen LogP contribution in [0.25, 0.3) is 0 Å². The third kappa shape index (κ3) is 3.19. The summed E-state index contributed by atoms with van der Waals surface area (Å²) in [6.45, 7) is 6.85. The number of methoxy groups -OCH3 is 1. The molecule has 1 aliphatic heterocycles. The zero-order valence-corrected chi connectivity index (χ0v) is 13.9. The van der Waals surface area contributed by atoms with Crippen LogP contribution in [0.2, 0.25) is 0 Å². The van der Waals surface area contributed by atoms with Gasteiger partial charge >= 0.3 is 6.09 Å². The van der Waals surface area contributed by atoms with Crippen molar-refractivity contribution in [3.63, 3.8) is 0 Å². The Labute approximate surface area is 132 Å². The van der Waals surface area contributed by atoms with Crippen LogP contribution in [0.1, 0.15) is 39.2 Å². The number of carbonyl (C=O) groups excluding carboxylic acids is 1. The van der Waals surface area contributed by atoms with E-state index in [9.17, 15) is 4.79 Å². The topological polar surface area (TPSA) is 64.8 Å². The van der Waals surface area contributed by atoms with Crippen LogP contribution in [0, 0.1) is 0 Å². The van der Waals surface area contributed by atoms with Crippen LogP contribution in [0.4, 0.5) is 4.79 Å². The molecule has 2 N–H and O–H groups in total. The first-order chi connectivity index (χ1) is 10.3. The Morgan fingerprint density at radius 2 is 1.95 bits per heavy atom. The van der Waals surface area contributed by atoms with Gasteiger partial charge < -0.3 is 15.2 Å². The molecule has 2 rings (SSSR count). The number of hydrogen-bond acceptors (Lipinski definition) is 4. The fourth-order valence-electron chi connectivity index (χ4n) is 2.92. The van der Waals surface area contributed by atoms with Crippen LogP contribution in [0.5, 0.6) is 5.75 Å². The van der Waals surface area contributed by atoms with Gasteiger partial charge in [-0.25, -0.2) is 4.79 Å². The van der Waals surface area contributed by atoms with Gasteiger partial charge in [-0.2, -0.15) is 0 Å². The smallest absolute Gasteiger partial charge is 0.411 e. The van der Waals surface area contributed by atoms with Crippen molar-refractivity contribution < 1.29 is 14.3 Å². The summed E-state index contributed by atoms with van der Waals surface area (Å²) in [6.07, 6.45) is 1.34. The van der Waals surface area contributed by atoms with Gasteiger partial charge in [-0.1, -0.05) is 12.1 Å². The second-order valence-corrected chi connectivity index (χ2v) is 6.68. The molecule has 1 unspecified atom stereocenters. The summed E-state index contributed by atoms with van der Waals surface area (Å²) in [5, 5.41) is 0. The third-order valence-electron chi connectivity index (χ3n) is 4.06. The Hall–Kier alpha value is -1.75. The van der Waals surface area contributed by atoms with Crippen LogP contribution in [0.15, 0.2) is 24.3 Å². The quantitative estimate of drug-likeness (QED) is 0.929.